The Morgan fingerprint density at radius 1 is 1.33 bits per heavy atom. The predicted molar refractivity (Wildman–Crippen MR) is 85.5 cm³/mol. The third-order valence-electron chi connectivity index (χ3n) is 4.11. The van der Waals surface area contributed by atoms with Crippen molar-refractivity contribution in [3.8, 4) is 0 Å². The van der Waals surface area contributed by atoms with Crippen molar-refractivity contribution in [1.29, 1.82) is 0 Å². The van der Waals surface area contributed by atoms with Gasteiger partial charge >= 0.3 is 0 Å². The smallest absolute Gasteiger partial charge is 0.0982 e. The number of H-pyrrole nitrogens is 1. The molecule has 1 saturated heterocycles. The normalized spacial score (nSPS) is 20.1. The molecule has 5 heteroatoms. The lowest BCUT2D eigenvalue weighted by Crippen LogP contribution is -2.33. The van der Waals surface area contributed by atoms with E-state index in [9.17, 15) is 0 Å². The number of rotatable bonds is 3. The molecule has 4 rings (SSSR count). The van der Waals surface area contributed by atoms with Crippen molar-refractivity contribution < 1.29 is 0 Å². The Labute approximate surface area is 127 Å². The number of aromatic amines is 1. The van der Waals surface area contributed by atoms with Crippen LogP contribution < -0.4 is 0 Å². The standard InChI is InChI=1S/C16H18N4S/c1-2-6-15-14(5-1)19-16(21-15)12-4-3-7-20(9-12)10-13-8-17-11-18-13/h1-2,5-6,8,11-12H,3-4,7,9-10H2,(H,17,18)/t12-/m1/s1. The topological polar surface area (TPSA) is 44.8 Å². The summed E-state index contributed by atoms with van der Waals surface area (Å²) in [4.78, 5) is 14.6. The highest BCUT2D eigenvalue weighted by Crippen LogP contribution is 2.33. The number of fused-ring (bicyclic) bond motifs is 1. The monoisotopic (exact) mass is 298 g/mol. The third kappa shape index (κ3) is 2.71. The molecule has 4 nitrogen and oxygen atoms in total. The Bertz CT molecular complexity index is 686. The average Bonchev–Trinajstić information content (AvgIpc) is 3.16. The second kappa shape index (κ2) is 5.58. The van der Waals surface area contributed by atoms with Crippen molar-refractivity contribution in [2.75, 3.05) is 13.1 Å². The van der Waals surface area contributed by atoms with E-state index in [0.29, 0.717) is 5.92 Å². The lowest BCUT2D eigenvalue weighted by Gasteiger charge is -2.31. The number of likely N-dealkylation sites (tertiary alicyclic amines) is 1. The van der Waals surface area contributed by atoms with Crippen molar-refractivity contribution in [3.63, 3.8) is 0 Å². The molecule has 1 aliphatic heterocycles. The minimum Gasteiger partial charge on any atom is -0.347 e. The first kappa shape index (κ1) is 13.0. The molecule has 1 fully saturated rings. The van der Waals surface area contributed by atoms with Gasteiger partial charge in [0.05, 0.1) is 21.6 Å². The SMILES string of the molecule is c1ccc2sc([C@@H]3CCCN(Cc4cnc[nH]4)C3)nc2c1. The fourth-order valence-corrected chi connectivity index (χ4v) is 4.17. The van der Waals surface area contributed by atoms with Crippen LogP contribution in [0.25, 0.3) is 10.2 Å². The minimum absolute atomic E-state index is 0.569. The van der Waals surface area contributed by atoms with Crippen LogP contribution in [-0.4, -0.2) is 32.9 Å². The van der Waals surface area contributed by atoms with Crippen LogP contribution >= 0.6 is 11.3 Å². The molecule has 2 aromatic heterocycles. The van der Waals surface area contributed by atoms with E-state index in [0.717, 1.165) is 18.6 Å². The number of nitrogens with zero attached hydrogens (tertiary/aromatic N) is 3. The van der Waals surface area contributed by atoms with Crippen molar-refractivity contribution in [1.82, 2.24) is 19.9 Å². The molecule has 0 saturated carbocycles. The summed E-state index contributed by atoms with van der Waals surface area (Å²) in [6, 6.07) is 8.44. The molecule has 0 aliphatic carbocycles. The summed E-state index contributed by atoms with van der Waals surface area (Å²) < 4.78 is 1.30. The van der Waals surface area contributed by atoms with E-state index in [-0.39, 0.29) is 0 Å². The van der Waals surface area contributed by atoms with Crippen molar-refractivity contribution >= 4 is 21.6 Å². The van der Waals surface area contributed by atoms with Crippen LogP contribution in [0, 0.1) is 0 Å². The Balaban J connectivity index is 1.52. The molecule has 1 aromatic carbocycles. The van der Waals surface area contributed by atoms with E-state index in [1.165, 1.54) is 34.8 Å². The van der Waals surface area contributed by atoms with Crippen LogP contribution in [0.15, 0.2) is 36.8 Å². The van der Waals surface area contributed by atoms with Gasteiger partial charge in [0.25, 0.3) is 0 Å². The van der Waals surface area contributed by atoms with Crippen LogP contribution in [0.2, 0.25) is 0 Å². The van der Waals surface area contributed by atoms with E-state index in [1.807, 2.05) is 17.5 Å². The molecular formula is C16H18N4S. The molecule has 0 radical (unpaired) electrons. The maximum atomic E-state index is 4.84. The zero-order chi connectivity index (χ0) is 14.1. The number of aromatic nitrogens is 3. The van der Waals surface area contributed by atoms with Crippen LogP contribution in [0.4, 0.5) is 0 Å². The van der Waals surface area contributed by atoms with Gasteiger partial charge in [-0.3, -0.25) is 4.90 Å². The molecule has 0 amide bonds. The number of hydrogen-bond acceptors (Lipinski definition) is 4. The maximum absolute atomic E-state index is 4.84. The summed E-state index contributed by atoms with van der Waals surface area (Å²) in [6.07, 6.45) is 6.17. The van der Waals surface area contributed by atoms with Crippen LogP contribution in [0.1, 0.15) is 29.5 Å². The zero-order valence-corrected chi connectivity index (χ0v) is 12.6. The molecule has 3 heterocycles. The summed E-state index contributed by atoms with van der Waals surface area (Å²) >= 11 is 1.86. The molecule has 0 spiro atoms. The van der Waals surface area contributed by atoms with E-state index < -0.39 is 0 Å². The van der Waals surface area contributed by atoms with E-state index >= 15 is 0 Å². The number of piperidine rings is 1. The molecular weight excluding hydrogens is 280 g/mol. The molecule has 108 valence electrons. The zero-order valence-electron chi connectivity index (χ0n) is 11.8. The van der Waals surface area contributed by atoms with Crippen LogP contribution in [0.5, 0.6) is 0 Å². The lowest BCUT2D eigenvalue weighted by molar-refractivity contribution is 0.198. The molecule has 1 N–H and O–H groups in total. The minimum atomic E-state index is 0.569. The number of thiazole rings is 1. The van der Waals surface area contributed by atoms with Crippen LogP contribution in [-0.2, 0) is 6.54 Å². The Hall–Kier alpha value is -1.72. The van der Waals surface area contributed by atoms with Gasteiger partial charge in [0.1, 0.15) is 0 Å². The Morgan fingerprint density at radius 2 is 2.29 bits per heavy atom. The summed E-state index contributed by atoms with van der Waals surface area (Å²) in [5.74, 6) is 0.569. The number of hydrogen-bond donors (Lipinski definition) is 1. The van der Waals surface area contributed by atoms with Gasteiger partial charge in [-0.2, -0.15) is 0 Å². The van der Waals surface area contributed by atoms with E-state index in [4.69, 9.17) is 4.98 Å². The number of benzene rings is 1. The molecule has 3 aromatic rings. The van der Waals surface area contributed by atoms with Crippen molar-refractivity contribution in [2.24, 2.45) is 0 Å². The quantitative estimate of drug-likeness (QED) is 0.806. The van der Waals surface area contributed by atoms with Gasteiger partial charge in [-0.25, -0.2) is 9.97 Å². The van der Waals surface area contributed by atoms with Gasteiger partial charge in [0, 0.05) is 30.9 Å². The first-order valence-electron chi connectivity index (χ1n) is 7.43. The third-order valence-corrected chi connectivity index (χ3v) is 5.31. The summed E-state index contributed by atoms with van der Waals surface area (Å²) in [7, 11) is 0. The van der Waals surface area contributed by atoms with Crippen molar-refractivity contribution in [2.45, 2.75) is 25.3 Å². The molecule has 21 heavy (non-hydrogen) atoms. The highest BCUT2D eigenvalue weighted by Gasteiger charge is 2.24. The van der Waals surface area contributed by atoms with Gasteiger partial charge in [-0.1, -0.05) is 12.1 Å². The van der Waals surface area contributed by atoms with Gasteiger partial charge in [0.2, 0.25) is 0 Å². The van der Waals surface area contributed by atoms with Crippen molar-refractivity contribution in [3.05, 3.63) is 47.5 Å². The van der Waals surface area contributed by atoms with Crippen LogP contribution in [0.3, 0.4) is 0 Å². The number of imidazole rings is 1. The fourth-order valence-electron chi connectivity index (χ4n) is 3.08. The summed E-state index contributed by atoms with van der Waals surface area (Å²) in [6.45, 7) is 3.22. The van der Waals surface area contributed by atoms with E-state index in [2.05, 4.69) is 39.1 Å². The molecule has 1 aliphatic rings. The second-order valence-corrected chi connectivity index (χ2v) is 6.73. The Kier molecular flexibility index (Phi) is 3.45. The Morgan fingerprint density at radius 3 is 3.14 bits per heavy atom. The van der Waals surface area contributed by atoms with Gasteiger partial charge in [0.15, 0.2) is 0 Å². The number of nitrogens with one attached hydrogen (secondary N) is 1. The lowest BCUT2D eigenvalue weighted by atomic mass is 9.98. The highest BCUT2D eigenvalue weighted by molar-refractivity contribution is 7.18. The largest absolute Gasteiger partial charge is 0.347 e. The molecule has 0 unspecified atom stereocenters. The average molecular weight is 298 g/mol. The summed E-state index contributed by atoms with van der Waals surface area (Å²) in [5.41, 5.74) is 2.34. The molecule has 0 bridgehead atoms. The fraction of sp³-hybridized carbons (Fsp3) is 0.375. The predicted octanol–water partition coefficient (Wildman–Crippen LogP) is 3.40. The van der Waals surface area contributed by atoms with Gasteiger partial charge in [-0.15, -0.1) is 11.3 Å². The first-order chi connectivity index (χ1) is 10.4. The molecule has 1 atom stereocenters. The maximum Gasteiger partial charge on any atom is 0.0982 e. The van der Waals surface area contributed by atoms with E-state index in [1.54, 1.807) is 6.33 Å². The summed E-state index contributed by atoms with van der Waals surface area (Å²) in [5, 5.41) is 1.30. The number of para-hydroxylation sites is 1. The first-order valence-corrected chi connectivity index (χ1v) is 8.25. The van der Waals surface area contributed by atoms with Gasteiger partial charge in [-0.05, 0) is 31.5 Å². The highest BCUT2D eigenvalue weighted by atomic mass is 32.1. The second-order valence-electron chi connectivity index (χ2n) is 5.67. The van der Waals surface area contributed by atoms with Gasteiger partial charge < -0.3 is 4.98 Å².